The molecule has 0 atom stereocenters. The molecular formula is C18H16BrN5O. The molecule has 1 amide bonds. The largest absolute Gasteiger partial charge is 0.347 e. The predicted molar refractivity (Wildman–Crippen MR) is 99.6 cm³/mol. The Morgan fingerprint density at radius 3 is 2.72 bits per heavy atom. The minimum absolute atomic E-state index is 0.265. The molecule has 0 bridgehead atoms. The number of nitrogens with zero attached hydrogens (tertiary/aromatic N) is 3. The molecule has 2 heterocycles. The van der Waals surface area contributed by atoms with E-state index in [1.807, 2.05) is 37.3 Å². The number of benzene rings is 1. The fourth-order valence-corrected chi connectivity index (χ4v) is 2.40. The van der Waals surface area contributed by atoms with Crippen molar-refractivity contribution in [2.45, 2.75) is 13.5 Å². The summed E-state index contributed by atoms with van der Waals surface area (Å²) >= 11 is 3.47. The highest BCUT2D eigenvalue weighted by atomic mass is 79.9. The van der Waals surface area contributed by atoms with E-state index in [4.69, 9.17) is 0 Å². The average molecular weight is 398 g/mol. The van der Waals surface area contributed by atoms with Crippen LogP contribution in [-0.4, -0.2) is 20.9 Å². The summed E-state index contributed by atoms with van der Waals surface area (Å²) in [6.07, 6.45) is 6.39. The molecule has 2 aromatic heterocycles. The van der Waals surface area contributed by atoms with Gasteiger partial charge < -0.3 is 10.6 Å². The van der Waals surface area contributed by atoms with Crippen LogP contribution in [0.2, 0.25) is 0 Å². The highest BCUT2D eigenvalue weighted by Crippen LogP contribution is 2.22. The van der Waals surface area contributed by atoms with Crippen LogP contribution in [0, 0.1) is 6.92 Å². The number of carbonyl (C=O) groups is 1. The standard InChI is InChI=1S/C18H16BrN5O/c1-12-7-14(4-5-15(12)19)24-17-11-21-16(10-22-17)18(25)23-9-13-3-2-6-20-8-13/h2-8,10-11H,9H2,1H3,(H,22,24)(H,23,25). The first kappa shape index (κ1) is 17.0. The predicted octanol–water partition coefficient (Wildman–Crippen LogP) is 3.62. The first-order chi connectivity index (χ1) is 12.1. The van der Waals surface area contributed by atoms with Gasteiger partial charge in [-0.15, -0.1) is 0 Å². The van der Waals surface area contributed by atoms with Crippen molar-refractivity contribution in [3.05, 3.63) is 76.4 Å². The number of anilines is 2. The number of aromatic nitrogens is 3. The lowest BCUT2D eigenvalue weighted by Gasteiger charge is -2.08. The van der Waals surface area contributed by atoms with Gasteiger partial charge in [-0.25, -0.2) is 9.97 Å². The molecule has 0 saturated heterocycles. The van der Waals surface area contributed by atoms with Crippen molar-refractivity contribution in [2.75, 3.05) is 5.32 Å². The summed E-state index contributed by atoms with van der Waals surface area (Å²) in [5.74, 6) is 0.299. The highest BCUT2D eigenvalue weighted by molar-refractivity contribution is 9.10. The summed E-state index contributed by atoms with van der Waals surface area (Å²) in [7, 11) is 0. The second-order valence-corrected chi connectivity index (χ2v) is 6.27. The third-order valence-electron chi connectivity index (χ3n) is 3.49. The highest BCUT2D eigenvalue weighted by Gasteiger charge is 2.08. The first-order valence-electron chi connectivity index (χ1n) is 7.64. The van der Waals surface area contributed by atoms with E-state index in [0.717, 1.165) is 21.3 Å². The molecule has 3 rings (SSSR count). The molecule has 0 aliphatic heterocycles. The summed E-state index contributed by atoms with van der Waals surface area (Å²) < 4.78 is 1.05. The van der Waals surface area contributed by atoms with Crippen LogP contribution >= 0.6 is 15.9 Å². The third-order valence-corrected chi connectivity index (χ3v) is 4.38. The fraction of sp³-hybridized carbons (Fsp3) is 0.111. The zero-order chi connectivity index (χ0) is 17.6. The van der Waals surface area contributed by atoms with Crippen LogP contribution in [0.15, 0.2) is 59.6 Å². The van der Waals surface area contributed by atoms with Crippen LogP contribution < -0.4 is 10.6 Å². The lowest BCUT2D eigenvalue weighted by molar-refractivity contribution is 0.0945. The Morgan fingerprint density at radius 2 is 2.04 bits per heavy atom. The Bertz CT molecular complexity index is 868. The molecule has 0 aliphatic rings. The number of rotatable bonds is 5. The number of amides is 1. The van der Waals surface area contributed by atoms with Crippen molar-refractivity contribution >= 4 is 33.3 Å². The van der Waals surface area contributed by atoms with Crippen LogP contribution in [0.5, 0.6) is 0 Å². The molecule has 7 heteroatoms. The van der Waals surface area contributed by atoms with Gasteiger partial charge in [-0.2, -0.15) is 0 Å². The Hall–Kier alpha value is -2.80. The minimum Gasteiger partial charge on any atom is -0.347 e. The van der Waals surface area contributed by atoms with E-state index in [9.17, 15) is 4.79 Å². The van der Waals surface area contributed by atoms with E-state index >= 15 is 0 Å². The molecule has 0 saturated carbocycles. The summed E-state index contributed by atoms with van der Waals surface area (Å²) in [6, 6.07) is 9.62. The van der Waals surface area contributed by atoms with Crippen LogP contribution in [0.1, 0.15) is 21.6 Å². The van der Waals surface area contributed by atoms with Gasteiger partial charge in [0.15, 0.2) is 0 Å². The van der Waals surface area contributed by atoms with Gasteiger partial charge in [0.05, 0.1) is 12.4 Å². The number of nitrogens with one attached hydrogen (secondary N) is 2. The Morgan fingerprint density at radius 1 is 1.16 bits per heavy atom. The van der Waals surface area contributed by atoms with Crippen LogP contribution in [-0.2, 0) is 6.54 Å². The summed E-state index contributed by atoms with van der Waals surface area (Å²) in [5.41, 5.74) is 3.21. The topological polar surface area (TPSA) is 79.8 Å². The van der Waals surface area contributed by atoms with Crippen molar-refractivity contribution in [1.29, 1.82) is 0 Å². The van der Waals surface area contributed by atoms with Gasteiger partial charge in [0.1, 0.15) is 11.5 Å². The van der Waals surface area contributed by atoms with E-state index in [2.05, 4.69) is 41.5 Å². The summed E-state index contributed by atoms with van der Waals surface area (Å²) in [5, 5.41) is 5.95. The second-order valence-electron chi connectivity index (χ2n) is 5.42. The zero-order valence-electron chi connectivity index (χ0n) is 13.5. The van der Waals surface area contributed by atoms with Crippen molar-refractivity contribution in [2.24, 2.45) is 0 Å². The van der Waals surface area contributed by atoms with E-state index in [1.165, 1.54) is 12.4 Å². The van der Waals surface area contributed by atoms with E-state index < -0.39 is 0 Å². The Kier molecular flexibility index (Phi) is 5.35. The first-order valence-corrected chi connectivity index (χ1v) is 8.43. The van der Waals surface area contributed by atoms with Crippen LogP contribution in [0.3, 0.4) is 0 Å². The monoisotopic (exact) mass is 397 g/mol. The maximum absolute atomic E-state index is 12.1. The number of halogens is 1. The van der Waals surface area contributed by atoms with Gasteiger partial charge in [0.25, 0.3) is 5.91 Å². The van der Waals surface area contributed by atoms with E-state index in [1.54, 1.807) is 12.4 Å². The number of aryl methyl sites for hydroxylation is 1. The van der Waals surface area contributed by atoms with Crippen molar-refractivity contribution < 1.29 is 4.79 Å². The van der Waals surface area contributed by atoms with Gasteiger partial charge in [-0.1, -0.05) is 22.0 Å². The molecule has 0 fully saturated rings. The average Bonchev–Trinajstić information content (AvgIpc) is 2.64. The maximum Gasteiger partial charge on any atom is 0.271 e. The second kappa shape index (κ2) is 7.85. The third kappa shape index (κ3) is 4.60. The molecule has 0 spiro atoms. The van der Waals surface area contributed by atoms with Crippen molar-refractivity contribution in [3.8, 4) is 0 Å². The molecule has 25 heavy (non-hydrogen) atoms. The Labute approximate surface area is 153 Å². The van der Waals surface area contributed by atoms with Gasteiger partial charge in [-0.3, -0.25) is 9.78 Å². The number of hydrogen-bond acceptors (Lipinski definition) is 5. The molecule has 126 valence electrons. The number of pyridine rings is 1. The van der Waals surface area contributed by atoms with Crippen LogP contribution in [0.25, 0.3) is 0 Å². The fourth-order valence-electron chi connectivity index (χ4n) is 2.16. The van der Waals surface area contributed by atoms with E-state index in [0.29, 0.717) is 12.4 Å². The lowest BCUT2D eigenvalue weighted by Crippen LogP contribution is -2.24. The van der Waals surface area contributed by atoms with Gasteiger partial charge in [0, 0.05) is 29.1 Å². The van der Waals surface area contributed by atoms with Gasteiger partial charge >= 0.3 is 0 Å². The molecule has 0 aliphatic carbocycles. The van der Waals surface area contributed by atoms with E-state index in [-0.39, 0.29) is 11.6 Å². The van der Waals surface area contributed by atoms with Crippen molar-refractivity contribution in [3.63, 3.8) is 0 Å². The van der Waals surface area contributed by atoms with Gasteiger partial charge in [0.2, 0.25) is 0 Å². The zero-order valence-corrected chi connectivity index (χ0v) is 15.1. The number of carbonyl (C=O) groups excluding carboxylic acids is 1. The molecule has 3 aromatic rings. The molecular weight excluding hydrogens is 382 g/mol. The van der Waals surface area contributed by atoms with Crippen LogP contribution in [0.4, 0.5) is 11.5 Å². The number of hydrogen-bond donors (Lipinski definition) is 2. The minimum atomic E-state index is -0.276. The molecule has 0 radical (unpaired) electrons. The SMILES string of the molecule is Cc1cc(Nc2cnc(C(=O)NCc3cccnc3)cn2)ccc1Br. The lowest BCUT2D eigenvalue weighted by atomic mass is 10.2. The molecule has 1 aromatic carbocycles. The smallest absolute Gasteiger partial charge is 0.271 e. The molecule has 0 unspecified atom stereocenters. The quantitative estimate of drug-likeness (QED) is 0.687. The summed E-state index contributed by atoms with van der Waals surface area (Å²) in [6.45, 7) is 2.41. The summed E-state index contributed by atoms with van der Waals surface area (Å²) in [4.78, 5) is 24.5. The molecule has 6 nitrogen and oxygen atoms in total. The van der Waals surface area contributed by atoms with Crippen molar-refractivity contribution in [1.82, 2.24) is 20.3 Å². The normalized spacial score (nSPS) is 10.3. The Balaban J connectivity index is 1.61. The molecule has 2 N–H and O–H groups in total. The van der Waals surface area contributed by atoms with Gasteiger partial charge in [-0.05, 0) is 42.3 Å². The maximum atomic E-state index is 12.1.